The second-order valence-electron chi connectivity index (χ2n) is 4.11. The Bertz CT molecular complexity index is 646. The summed E-state index contributed by atoms with van der Waals surface area (Å²) in [6.45, 7) is 0.360. The molecular formula is C13H12FN3O3S. The molecule has 1 aromatic heterocycles. The van der Waals surface area contributed by atoms with Gasteiger partial charge in [0, 0.05) is 18.3 Å². The van der Waals surface area contributed by atoms with Crippen LogP contribution in [0.2, 0.25) is 0 Å². The first-order valence-corrected chi connectivity index (χ1v) is 6.95. The molecule has 1 aromatic carbocycles. The second kappa shape index (κ2) is 6.80. The minimum atomic E-state index is -1.31. The van der Waals surface area contributed by atoms with Gasteiger partial charge in [0.25, 0.3) is 0 Å². The number of nitrogens with one attached hydrogen (secondary N) is 2. The fourth-order valence-corrected chi connectivity index (χ4v) is 2.23. The molecule has 0 aliphatic rings. The van der Waals surface area contributed by atoms with E-state index in [1.54, 1.807) is 5.51 Å². The third kappa shape index (κ3) is 4.25. The molecule has 0 saturated heterocycles. The fourth-order valence-electron chi connectivity index (χ4n) is 1.63. The van der Waals surface area contributed by atoms with Crippen LogP contribution in [0.1, 0.15) is 16.1 Å². The van der Waals surface area contributed by atoms with E-state index in [9.17, 15) is 14.0 Å². The highest BCUT2D eigenvalue weighted by Crippen LogP contribution is 2.16. The Morgan fingerprint density at radius 2 is 2.19 bits per heavy atom. The van der Waals surface area contributed by atoms with Gasteiger partial charge in [0.15, 0.2) is 0 Å². The molecule has 0 radical (unpaired) electrons. The van der Waals surface area contributed by atoms with E-state index in [1.807, 2.05) is 5.38 Å². The molecule has 0 aliphatic heterocycles. The Hall–Kier alpha value is -2.48. The lowest BCUT2D eigenvalue weighted by atomic mass is 10.2. The smallest absolute Gasteiger partial charge is 0.337 e. The van der Waals surface area contributed by atoms with Crippen LogP contribution in [0, 0.1) is 5.82 Å². The largest absolute Gasteiger partial charge is 0.478 e. The highest BCUT2D eigenvalue weighted by atomic mass is 32.1. The topological polar surface area (TPSA) is 91.3 Å². The first kappa shape index (κ1) is 14.9. The molecule has 0 atom stereocenters. The molecule has 2 aromatic rings. The van der Waals surface area contributed by atoms with Crippen LogP contribution in [0.4, 0.5) is 14.9 Å². The minimum absolute atomic E-state index is 0.0371. The number of rotatable bonds is 5. The number of aromatic carboxylic acids is 1. The van der Waals surface area contributed by atoms with Gasteiger partial charge in [-0.15, -0.1) is 11.3 Å². The molecule has 21 heavy (non-hydrogen) atoms. The number of carboxylic acid groups (broad SMARTS) is 1. The average Bonchev–Trinajstić information content (AvgIpc) is 2.94. The number of hydrogen-bond acceptors (Lipinski definition) is 4. The van der Waals surface area contributed by atoms with Gasteiger partial charge in [-0.25, -0.2) is 19.0 Å². The van der Waals surface area contributed by atoms with Gasteiger partial charge in [-0.05, 0) is 18.2 Å². The normalized spacial score (nSPS) is 10.1. The quantitative estimate of drug-likeness (QED) is 0.790. The molecule has 0 unspecified atom stereocenters. The number of thiazole rings is 1. The van der Waals surface area contributed by atoms with E-state index >= 15 is 0 Å². The molecule has 110 valence electrons. The van der Waals surface area contributed by atoms with Gasteiger partial charge in [0.1, 0.15) is 5.82 Å². The summed E-state index contributed by atoms with van der Waals surface area (Å²) in [6.07, 6.45) is 0.576. The van der Waals surface area contributed by atoms with Crippen molar-refractivity contribution in [2.45, 2.75) is 6.42 Å². The average molecular weight is 309 g/mol. The van der Waals surface area contributed by atoms with Gasteiger partial charge in [-0.2, -0.15) is 0 Å². The molecule has 1 heterocycles. The summed E-state index contributed by atoms with van der Waals surface area (Å²) < 4.78 is 13.0. The predicted octanol–water partition coefficient (Wildman–Crippen LogP) is 2.34. The van der Waals surface area contributed by atoms with Crippen LogP contribution in [0.15, 0.2) is 29.1 Å². The molecular weight excluding hydrogens is 297 g/mol. The van der Waals surface area contributed by atoms with Crippen molar-refractivity contribution >= 4 is 29.0 Å². The lowest BCUT2D eigenvalue weighted by Gasteiger charge is -2.09. The maximum Gasteiger partial charge on any atom is 0.337 e. The van der Waals surface area contributed by atoms with E-state index in [4.69, 9.17) is 5.11 Å². The summed E-state index contributed by atoms with van der Waals surface area (Å²) in [5.74, 6) is -1.99. The summed E-state index contributed by atoms with van der Waals surface area (Å²) in [6, 6.07) is 2.59. The third-order valence-electron chi connectivity index (χ3n) is 2.61. The maximum atomic E-state index is 13.0. The van der Waals surface area contributed by atoms with Crippen molar-refractivity contribution in [2.24, 2.45) is 0 Å². The number of carboxylic acids is 1. The Labute approximate surface area is 123 Å². The standard InChI is InChI=1S/C13H12FN3O3S/c14-8-1-2-11(10(5-8)12(18)19)17-13(20)15-4-3-9-6-21-7-16-9/h1-2,5-7H,3-4H2,(H,18,19)(H2,15,17,20). The van der Waals surface area contributed by atoms with E-state index < -0.39 is 17.8 Å². The molecule has 2 rings (SSSR count). The summed E-state index contributed by atoms with van der Waals surface area (Å²) in [7, 11) is 0. The number of anilines is 1. The highest BCUT2D eigenvalue weighted by molar-refractivity contribution is 7.07. The maximum absolute atomic E-state index is 13.0. The molecule has 6 nitrogen and oxygen atoms in total. The van der Waals surface area contributed by atoms with Crippen LogP contribution < -0.4 is 10.6 Å². The van der Waals surface area contributed by atoms with Crippen molar-refractivity contribution in [1.29, 1.82) is 0 Å². The van der Waals surface area contributed by atoms with Crippen molar-refractivity contribution < 1.29 is 19.1 Å². The first-order valence-electron chi connectivity index (χ1n) is 6.01. The van der Waals surface area contributed by atoms with Crippen molar-refractivity contribution in [3.8, 4) is 0 Å². The SMILES string of the molecule is O=C(NCCc1cscn1)Nc1ccc(F)cc1C(=O)O. The van der Waals surface area contributed by atoms with Gasteiger partial charge >= 0.3 is 12.0 Å². The second-order valence-corrected chi connectivity index (χ2v) is 4.82. The van der Waals surface area contributed by atoms with Crippen LogP contribution in [-0.4, -0.2) is 28.6 Å². The van der Waals surface area contributed by atoms with E-state index in [1.165, 1.54) is 17.4 Å². The number of benzene rings is 1. The molecule has 0 fully saturated rings. The minimum Gasteiger partial charge on any atom is -0.478 e. The zero-order valence-electron chi connectivity index (χ0n) is 10.8. The van der Waals surface area contributed by atoms with Gasteiger partial charge in [-0.1, -0.05) is 0 Å². The van der Waals surface area contributed by atoms with Crippen molar-refractivity contribution in [3.05, 3.63) is 46.2 Å². The number of hydrogen-bond donors (Lipinski definition) is 3. The molecule has 0 saturated carbocycles. The summed E-state index contributed by atoms with van der Waals surface area (Å²) in [4.78, 5) is 26.7. The Balaban J connectivity index is 1.92. The Morgan fingerprint density at radius 3 is 2.86 bits per heavy atom. The summed E-state index contributed by atoms with van der Waals surface area (Å²) >= 11 is 1.47. The van der Waals surface area contributed by atoms with Crippen LogP contribution in [0.3, 0.4) is 0 Å². The molecule has 2 amide bonds. The Kier molecular flexibility index (Phi) is 4.83. The number of urea groups is 1. The number of halogens is 1. The van der Waals surface area contributed by atoms with Gasteiger partial charge < -0.3 is 15.7 Å². The van der Waals surface area contributed by atoms with E-state index in [-0.39, 0.29) is 11.3 Å². The van der Waals surface area contributed by atoms with Gasteiger partial charge in [0.2, 0.25) is 0 Å². The highest BCUT2D eigenvalue weighted by Gasteiger charge is 2.13. The van der Waals surface area contributed by atoms with E-state index in [0.29, 0.717) is 13.0 Å². The lowest BCUT2D eigenvalue weighted by Crippen LogP contribution is -2.31. The van der Waals surface area contributed by atoms with Crippen LogP contribution in [0.25, 0.3) is 0 Å². The van der Waals surface area contributed by atoms with Crippen molar-refractivity contribution in [3.63, 3.8) is 0 Å². The Morgan fingerprint density at radius 1 is 1.38 bits per heavy atom. The fraction of sp³-hybridized carbons (Fsp3) is 0.154. The summed E-state index contributed by atoms with van der Waals surface area (Å²) in [5, 5.41) is 15.8. The summed E-state index contributed by atoms with van der Waals surface area (Å²) in [5.41, 5.74) is 2.31. The zero-order valence-corrected chi connectivity index (χ0v) is 11.6. The van der Waals surface area contributed by atoms with E-state index in [2.05, 4.69) is 15.6 Å². The van der Waals surface area contributed by atoms with Gasteiger partial charge in [-0.3, -0.25) is 0 Å². The van der Waals surface area contributed by atoms with E-state index in [0.717, 1.165) is 17.8 Å². The van der Waals surface area contributed by atoms with Crippen LogP contribution in [0.5, 0.6) is 0 Å². The monoisotopic (exact) mass is 309 g/mol. The predicted molar refractivity (Wildman–Crippen MR) is 76.2 cm³/mol. The number of nitrogens with zero attached hydrogens (tertiary/aromatic N) is 1. The first-order chi connectivity index (χ1) is 10.1. The van der Waals surface area contributed by atoms with Crippen LogP contribution >= 0.6 is 11.3 Å². The molecule has 0 bridgehead atoms. The number of amides is 2. The molecule has 0 aliphatic carbocycles. The number of aromatic nitrogens is 1. The van der Waals surface area contributed by atoms with Gasteiger partial charge in [0.05, 0.1) is 22.5 Å². The van der Waals surface area contributed by atoms with Crippen LogP contribution in [-0.2, 0) is 6.42 Å². The molecule has 3 N–H and O–H groups in total. The molecule has 0 spiro atoms. The lowest BCUT2D eigenvalue weighted by molar-refractivity contribution is 0.0697. The number of carbonyl (C=O) groups is 2. The zero-order chi connectivity index (χ0) is 15.2. The third-order valence-corrected chi connectivity index (χ3v) is 3.25. The van der Waals surface area contributed by atoms with Crippen molar-refractivity contribution in [1.82, 2.24) is 10.3 Å². The number of carbonyl (C=O) groups excluding carboxylic acids is 1. The van der Waals surface area contributed by atoms with Crippen molar-refractivity contribution in [2.75, 3.05) is 11.9 Å². The molecule has 8 heteroatoms.